The van der Waals surface area contributed by atoms with Crippen LogP contribution >= 0.6 is 0 Å². The van der Waals surface area contributed by atoms with Crippen LogP contribution in [-0.4, -0.2) is 40.8 Å². The van der Waals surface area contributed by atoms with Crippen molar-refractivity contribution in [2.45, 2.75) is 52.2 Å². The first kappa shape index (κ1) is 22.6. The summed E-state index contributed by atoms with van der Waals surface area (Å²) in [7, 11) is 0. The van der Waals surface area contributed by atoms with Crippen molar-refractivity contribution in [2.24, 2.45) is 5.92 Å². The van der Waals surface area contributed by atoms with E-state index in [9.17, 15) is 9.59 Å². The highest BCUT2D eigenvalue weighted by Gasteiger charge is 2.26. The first-order chi connectivity index (χ1) is 14.8. The molecule has 3 rings (SSSR count). The molecule has 0 spiro atoms. The fourth-order valence-corrected chi connectivity index (χ4v) is 3.49. The number of benzene rings is 1. The molecule has 1 aromatic heterocycles. The van der Waals surface area contributed by atoms with Crippen molar-refractivity contribution in [1.82, 2.24) is 9.88 Å². The zero-order valence-electron chi connectivity index (χ0n) is 18.5. The maximum atomic E-state index is 12.2. The second-order valence-corrected chi connectivity index (χ2v) is 8.87. The number of ether oxygens (including phenoxy) is 2. The normalized spacial score (nSPS) is 14.7. The Hall–Kier alpha value is -3.09. The Morgan fingerprint density at radius 1 is 1.03 bits per heavy atom. The monoisotopic (exact) mass is 425 g/mol. The molecule has 1 saturated heterocycles. The van der Waals surface area contributed by atoms with Gasteiger partial charge >= 0.3 is 12.2 Å². The molecule has 1 N–H and O–H groups in total. The summed E-state index contributed by atoms with van der Waals surface area (Å²) in [4.78, 5) is 29.9. The van der Waals surface area contributed by atoms with Gasteiger partial charge in [0.15, 0.2) is 0 Å². The third-order valence-corrected chi connectivity index (χ3v) is 5.11. The van der Waals surface area contributed by atoms with Gasteiger partial charge in [0.2, 0.25) is 0 Å². The van der Waals surface area contributed by atoms with Gasteiger partial charge in [-0.25, -0.2) is 9.59 Å². The average molecular weight is 426 g/mol. The number of aromatic nitrogens is 1. The second kappa shape index (κ2) is 10.3. The Morgan fingerprint density at radius 3 is 2.29 bits per heavy atom. The number of nitrogens with one attached hydrogen (secondary N) is 1. The molecular formula is C24H31N3O4. The Kier molecular flexibility index (Phi) is 7.50. The van der Waals surface area contributed by atoms with E-state index in [1.54, 1.807) is 29.4 Å². The molecule has 0 saturated carbocycles. The largest absolute Gasteiger partial charge is 0.444 e. The van der Waals surface area contributed by atoms with Crippen molar-refractivity contribution in [3.8, 4) is 0 Å². The SMILES string of the molecule is CC(C)(C)OC(=O)N1CCC(Cc2ccc(NC(=O)OCc3ccncc3)cc2)CC1. The average Bonchev–Trinajstić information content (AvgIpc) is 2.74. The maximum Gasteiger partial charge on any atom is 0.411 e. The van der Waals surface area contributed by atoms with E-state index in [1.165, 1.54) is 5.56 Å². The minimum atomic E-state index is -0.487. The molecule has 7 nitrogen and oxygen atoms in total. The highest BCUT2D eigenvalue weighted by atomic mass is 16.6. The number of nitrogens with zero attached hydrogens (tertiary/aromatic N) is 2. The predicted octanol–water partition coefficient (Wildman–Crippen LogP) is 5.02. The molecule has 166 valence electrons. The second-order valence-electron chi connectivity index (χ2n) is 8.87. The Balaban J connectivity index is 1.40. The summed E-state index contributed by atoms with van der Waals surface area (Å²) in [5.41, 5.74) is 2.34. The Bertz CT molecular complexity index is 855. The maximum absolute atomic E-state index is 12.2. The van der Waals surface area contributed by atoms with E-state index in [2.05, 4.69) is 10.3 Å². The molecule has 7 heteroatoms. The molecule has 1 aliphatic rings. The van der Waals surface area contributed by atoms with E-state index in [-0.39, 0.29) is 12.7 Å². The third-order valence-electron chi connectivity index (χ3n) is 5.11. The lowest BCUT2D eigenvalue weighted by Gasteiger charge is -2.33. The number of anilines is 1. The van der Waals surface area contributed by atoms with Crippen molar-refractivity contribution in [3.63, 3.8) is 0 Å². The molecule has 0 bridgehead atoms. The number of carbonyl (C=O) groups is 2. The van der Waals surface area contributed by atoms with Gasteiger partial charge < -0.3 is 14.4 Å². The molecule has 1 fully saturated rings. The van der Waals surface area contributed by atoms with E-state index in [1.807, 2.05) is 45.0 Å². The van der Waals surface area contributed by atoms with Gasteiger partial charge in [-0.05, 0) is 81.3 Å². The van der Waals surface area contributed by atoms with E-state index in [4.69, 9.17) is 9.47 Å². The van der Waals surface area contributed by atoms with Crippen molar-refractivity contribution < 1.29 is 19.1 Å². The number of piperidine rings is 1. The number of amides is 2. The number of hydrogen-bond donors (Lipinski definition) is 1. The molecule has 31 heavy (non-hydrogen) atoms. The number of rotatable bonds is 5. The number of likely N-dealkylation sites (tertiary alicyclic amines) is 1. The zero-order valence-corrected chi connectivity index (χ0v) is 18.5. The summed E-state index contributed by atoms with van der Waals surface area (Å²) >= 11 is 0. The number of carbonyl (C=O) groups excluding carboxylic acids is 2. The van der Waals surface area contributed by atoms with Crippen LogP contribution in [0.3, 0.4) is 0 Å². The van der Waals surface area contributed by atoms with Crippen LogP contribution in [-0.2, 0) is 22.5 Å². The lowest BCUT2D eigenvalue weighted by atomic mass is 9.90. The fraction of sp³-hybridized carbons (Fsp3) is 0.458. The lowest BCUT2D eigenvalue weighted by molar-refractivity contribution is 0.0184. The van der Waals surface area contributed by atoms with Crippen molar-refractivity contribution in [2.75, 3.05) is 18.4 Å². The molecule has 1 aliphatic heterocycles. The van der Waals surface area contributed by atoms with Gasteiger partial charge in [-0.15, -0.1) is 0 Å². The zero-order chi connectivity index (χ0) is 22.3. The van der Waals surface area contributed by atoms with Crippen molar-refractivity contribution in [3.05, 3.63) is 59.9 Å². The van der Waals surface area contributed by atoms with Gasteiger partial charge in [-0.3, -0.25) is 10.3 Å². The Labute approximate surface area is 183 Å². The van der Waals surface area contributed by atoms with Crippen LogP contribution in [0, 0.1) is 5.92 Å². The number of hydrogen-bond acceptors (Lipinski definition) is 5. The minimum absolute atomic E-state index is 0.203. The van der Waals surface area contributed by atoms with Crippen LogP contribution in [0.25, 0.3) is 0 Å². The molecular weight excluding hydrogens is 394 g/mol. The first-order valence-corrected chi connectivity index (χ1v) is 10.7. The molecule has 0 atom stereocenters. The number of pyridine rings is 1. The topological polar surface area (TPSA) is 80.8 Å². The molecule has 1 aromatic carbocycles. The quantitative estimate of drug-likeness (QED) is 0.727. The molecule has 2 aromatic rings. The summed E-state index contributed by atoms with van der Waals surface area (Å²) in [6.07, 6.45) is 5.49. The van der Waals surface area contributed by atoms with Crippen LogP contribution in [0.2, 0.25) is 0 Å². The van der Waals surface area contributed by atoms with Gasteiger partial charge in [0, 0.05) is 31.2 Å². The summed E-state index contributed by atoms with van der Waals surface area (Å²) < 4.78 is 10.7. The summed E-state index contributed by atoms with van der Waals surface area (Å²) in [5.74, 6) is 0.530. The summed E-state index contributed by atoms with van der Waals surface area (Å²) in [6, 6.07) is 11.4. The van der Waals surface area contributed by atoms with E-state index >= 15 is 0 Å². The molecule has 0 aliphatic carbocycles. The van der Waals surface area contributed by atoms with E-state index in [0.717, 1.165) is 37.9 Å². The van der Waals surface area contributed by atoms with Gasteiger partial charge in [-0.2, -0.15) is 0 Å². The first-order valence-electron chi connectivity index (χ1n) is 10.7. The van der Waals surface area contributed by atoms with Crippen molar-refractivity contribution in [1.29, 1.82) is 0 Å². The predicted molar refractivity (Wildman–Crippen MR) is 119 cm³/mol. The van der Waals surface area contributed by atoms with Crippen LogP contribution in [0.1, 0.15) is 44.7 Å². The standard InChI is InChI=1S/C24H31N3O4/c1-24(2,3)31-23(29)27-14-10-19(11-15-27)16-18-4-6-21(7-5-18)26-22(28)30-17-20-8-12-25-13-9-20/h4-9,12-13,19H,10-11,14-17H2,1-3H3,(H,26,28). The van der Waals surface area contributed by atoms with Crippen LogP contribution in [0.15, 0.2) is 48.8 Å². The molecule has 2 amide bonds. The highest BCUT2D eigenvalue weighted by molar-refractivity contribution is 5.84. The smallest absolute Gasteiger partial charge is 0.411 e. The third kappa shape index (κ3) is 7.59. The van der Waals surface area contributed by atoms with Crippen LogP contribution in [0.5, 0.6) is 0 Å². The van der Waals surface area contributed by atoms with Gasteiger partial charge in [0.05, 0.1) is 0 Å². The summed E-state index contributed by atoms with van der Waals surface area (Å²) in [5, 5.41) is 2.74. The van der Waals surface area contributed by atoms with E-state index < -0.39 is 11.7 Å². The molecule has 2 heterocycles. The fourth-order valence-electron chi connectivity index (χ4n) is 3.49. The summed E-state index contributed by atoms with van der Waals surface area (Å²) in [6.45, 7) is 7.31. The molecule has 0 radical (unpaired) electrons. The van der Waals surface area contributed by atoms with Crippen molar-refractivity contribution >= 4 is 17.9 Å². The van der Waals surface area contributed by atoms with Gasteiger partial charge in [0.1, 0.15) is 12.2 Å². The Morgan fingerprint density at radius 2 is 1.68 bits per heavy atom. The van der Waals surface area contributed by atoms with Gasteiger partial charge in [-0.1, -0.05) is 12.1 Å². The van der Waals surface area contributed by atoms with E-state index in [0.29, 0.717) is 11.6 Å². The highest BCUT2D eigenvalue weighted by Crippen LogP contribution is 2.24. The molecule has 0 unspecified atom stereocenters. The minimum Gasteiger partial charge on any atom is -0.444 e. The van der Waals surface area contributed by atoms with Crippen LogP contribution < -0.4 is 5.32 Å². The van der Waals surface area contributed by atoms with Gasteiger partial charge in [0.25, 0.3) is 0 Å². The van der Waals surface area contributed by atoms with Crippen LogP contribution in [0.4, 0.5) is 15.3 Å². The lowest BCUT2D eigenvalue weighted by Crippen LogP contribution is -2.42.